The van der Waals surface area contributed by atoms with E-state index in [4.69, 9.17) is 34.4 Å². The fourth-order valence-electron chi connectivity index (χ4n) is 13.7. The number of carbonyl (C=O) groups excluding carboxylic acids is 14. The van der Waals surface area contributed by atoms with Crippen LogP contribution in [0.2, 0.25) is 0 Å². The molecule has 38 heteroatoms. The zero-order valence-electron chi connectivity index (χ0n) is 64.1. The second-order valence-electron chi connectivity index (χ2n) is 29.4. The van der Waals surface area contributed by atoms with Crippen molar-refractivity contribution in [3.63, 3.8) is 0 Å². The Morgan fingerprint density at radius 3 is 1.20 bits per heavy atom. The number of carbonyl (C=O) groups is 14. The number of aromatic nitrogens is 2. The minimum absolute atomic E-state index is 0.00831. The summed E-state index contributed by atoms with van der Waals surface area (Å²) in [6.45, 7) is 11.7. The van der Waals surface area contributed by atoms with Crippen LogP contribution >= 0.6 is 0 Å². The van der Waals surface area contributed by atoms with Gasteiger partial charge in [-0.15, -0.1) is 0 Å². The van der Waals surface area contributed by atoms with Gasteiger partial charge in [0.2, 0.25) is 82.7 Å². The molecule has 0 bridgehead atoms. The lowest BCUT2D eigenvalue weighted by Crippen LogP contribution is -2.66. The van der Waals surface area contributed by atoms with Crippen LogP contribution in [0.25, 0.3) is 21.8 Å². The molecule has 3 aliphatic heterocycles. The lowest BCUT2D eigenvalue weighted by atomic mass is 9.96. The van der Waals surface area contributed by atoms with E-state index in [0.717, 1.165) is 4.90 Å². The lowest BCUT2D eigenvalue weighted by molar-refractivity contribution is -0.148. The Morgan fingerprint density at radius 2 is 0.775 bits per heavy atom. The van der Waals surface area contributed by atoms with Crippen LogP contribution in [0.15, 0.2) is 60.9 Å². The minimum Gasteiger partial charge on any atom is -0.394 e. The third kappa shape index (κ3) is 22.5. The average Bonchev–Trinajstić information content (AvgIpc) is 1.76. The first kappa shape index (κ1) is 88.0. The molecular weight excluding hydrogens is 1440 g/mol. The molecule has 111 heavy (non-hydrogen) atoms. The summed E-state index contributed by atoms with van der Waals surface area (Å²) in [7, 11) is 0. The Bertz CT molecular complexity index is 3990. The van der Waals surface area contributed by atoms with Gasteiger partial charge in [-0.05, 0) is 123 Å². The zero-order chi connectivity index (χ0) is 82.0. The Labute approximate surface area is 642 Å². The molecule has 0 saturated carbocycles. The van der Waals surface area contributed by atoms with Gasteiger partial charge in [-0.2, -0.15) is 0 Å². The van der Waals surface area contributed by atoms with Crippen molar-refractivity contribution in [1.29, 1.82) is 0 Å². The normalized spacial score (nSPS) is 28.5. The highest BCUT2D eigenvalue weighted by Crippen LogP contribution is 2.27. The van der Waals surface area contributed by atoms with Crippen molar-refractivity contribution in [3.05, 3.63) is 72.1 Å². The van der Waals surface area contributed by atoms with Gasteiger partial charge in [0.05, 0.1) is 12.7 Å². The first-order valence-corrected chi connectivity index (χ1v) is 37.6. The second-order valence-corrected chi connectivity index (χ2v) is 29.4. The van der Waals surface area contributed by atoms with Crippen molar-refractivity contribution < 1.29 is 77.3 Å². The number of H-pyrrole nitrogens is 2. The van der Waals surface area contributed by atoms with Crippen LogP contribution in [0, 0.1) is 5.92 Å². The summed E-state index contributed by atoms with van der Waals surface area (Å²) in [5.74, 6) is -14.2. The maximum Gasteiger partial charge on any atom is 0.248 e. The Morgan fingerprint density at radius 1 is 0.423 bits per heavy atom. The summed E-state index contributed by atoms with van der Waals surface area (Å²) in [6.07, 6.45) is 2.00. The molecule has 5 unspecified atom stereocenters. The van der Waals surface area contributed by atoms with E-state index in [1.165, 1.54) is 53.4 Å². The van der Waals surface area contributed by atoms with E-state index in [1.54, 1.807) is 74.8 Å². The molecule has 4 aromatic rings. The van der Waals surface area contributed by atoms with E-state index >= 15 is 0 Å². The summed E-state index contributed by atoms with van der Waals surface area (Å²) in [5, 5.41) is 54.0. The smallest absolute Gasteiger partial charge is 0.248 e. The number of rotatable bonds is 16. The summed E-state index contributed by atoms with van der Waals surface area (Å²) in [6, 6.07) is -13.9. The highest BCUT2D eigenvalue weighted by atomic mass is 16.3. The summed E-state index contributed by atoms with van der Waals surface area (Å²) in [4.78, 5) is 212. The van der Waals surface area contributed by atoms with Crippen LogP contribution in [-0.4, -0.2) is 260 Å². The topological polar surface area (TPSA) is 618 Å². The van der Waals surface area contributed by atoms with Crippen molar-refractivity contribution in [2.45, 2.75) is 241 Å². The van der Waals surface area contributed by atoms with Gasteiger partial charge in [0, 0.05) is 90.3 Å². The van der Waals surface area contributed by atoms with Crippen molar-refractivity contribution in [3.8, 4) is 0 Å². The van der Waals surface area contributed by atoms with Crippen molar-refractivity contribution in [2.24, 2.45) is 40.3 Å². The molecule has 21 atom stereocenters. The van der Waals surface area contributed by atoms with Gasteiger partial charge in [-0.3, -0.25) is 67.1 Å². The summed E-state index contributed by atoms with van der Waals surface area (Å²) >= 11 is 0. The number of benzene rings is 2. The molecule has 0 spiro atoms. The number of hydrogen-bond acceptors (Lipinski definition) is 22. The van der Waals surface area contributed by atoms with Crippen molar-refractivity contribution in [2.75, 3.05) is 26.2 Å². The number of aliphatic hydroxyl groups excluding tert-OH is 2. The van der Waals surface area contributed by atoms with E-state index in [2.05, 4.69) is 73.8 Å². The monoisotopic (exact) mass is 1550 g/mol. The van der Waals surface area contributed by atoms with Crippen molar-refractivity contribution >= 4 is 105 Å². The number of aromatic amines is 2. The van der Waals surface area contributed by atoms with E-state index in [0.29, 0.717) is 32.9 Å². The second kappa shape index (κ2) is 40.1. The Hall–Kier alpha value is -10.2. The highest BCUT2D eigenvalue weighted by molar-refractivity contribution is 6.02. The SMILES string of the molecule is CC[C@H](C)[C@@H]1NC(=O)[C@H](Cc2c[nH]c3ccccc23)NC(=O)[C@H]([C@@H](C)O)NC(=O)[C@@H]2CCCN2C(=O)[C@H]2CCCN2C(=O)[C@H](CO)NC(=O)[C@H](C)NC(=O)[C@H](C(C)N)NC(=O)[C@H](C(C)N)NC(=O)[C@H](Cc2c[nH]c3ccccc23)NC(=O)[C@H](C(C)N)NC(=O)[C@@H](C(C)N)NC(=O)[C@H](CCCN)NC(=O)[C@H](C(C)N)NC1=O. The highest BCUT2D eigenvalue weighted by Gasteiger charge is 2.46. The van der Waals surface area contributed by atoms with Gasteiger partial charge in [-0.25, -0.2) is 0 Å². The van der Waals surface area contributed by atoms with Crippen molar-refractivity contribution in [1.82, 2.24) is 83.6 Å². The molecule has 3 aliphatic rings. The van der Waals surface area contributed by atoms with E-state index in [-0.39, 0.29) is 77.4 Å². The maximum atomic E-state index is 15.0. The maximum absolute atomic E-state index is 15.0. The molecule has 3 saturated heterocycles. The molecule has 7 rings (SSSR count). The number of para-hydroxylation sites is 2. The third-order valence-electron chi connectivity index (χ3n) is 20.4. The lowest BCUT2D eigenvalue weighted by Gasteiger charge is -2.33. The van der Waals surface area contributed by atoms with Gasteiger partial charge >= 0.3 is 0 Å². The number of fused-ring (bicyclic) bond motifs is 4. The Balaban J connectivity index is 1.24. The van der Waals surface area contributed by atoms with Gasteiger partial charge in [0.15, 0.2) is 0 Å². The van der Waals surface area contributed by atoms with Gasteiger partial charge in [0.25, 0.3) is 0 Å². The summed E-state index contributed by atoms with van der Waals surface area (Å²) in [5.41, 5.74) is 40.1. The van der Waals surface area contributed by atoms with Crippen LogP contribution in [0.5, 0.6) is 0 Å². The molecule has 38 nitrogen and oxygen atoms in total. The van der Waals surface area contributed by atoms with Gasteiger partial charge in [0.1, 0.15) is 84.6 Å². The molecule has 3 fully saturated rings. The molecule has 5 heterocycles. The minimum atomic E-state index is -1.78. The number of nitrogens with two attached hydrogens (primary N) is 6. The number of hydrogen-bond donors (Lipinski definition) is 22. The van der Waals surface area contributed by atoms with E-state index in [9.17, 15) is 77.3 Å². The first-order valence-electron chi connectivity index (χ1n) is 37.6. The van der Waals surface area contributed by atoms with Crippen LogP contribution < -0.4 is 98.2 Å². The van der Waals surface area contributed by atoms with Crippen LogP contribution in [0.4, 0.5) is 0 Å². The fourth-order valence-corrected chi connectivity index (χ4v) is 13.7. The fraction of sp³-hybridized carbons (Fsp3) is 0.589. The average molecular weight is 1550 g/mol. The quantitative estimate of drug-likeness (QED) is 0.0496. The largest absolute Gasteiger partial charge is 0.394 e. The predicted octanol–water partition coefficient (Wildman–Crippen LogP) is -6.84. The summed E-state index contributed by atoms with van der Waals surface area (Å²) < 4.78 is 0. The van der Waals surface area contributed by atoms with Crippen LogP contribution in [0.1, 0.15) is 118 Å². The third-order valence-corrected chi connectivity index (χ3v) is 20.4. The van der Waals surface area contributed by atoms with E-state index < -0.39 is 216 Å². The van der Waals surface area contributed by atoms with Crippen LogP contribution in [0.3, 0.4) is 0 Å². The number of nitrogens with one attached hydrogen (secondary N) is 14. The molecular formula is C73H112N22O16. The number of nitrogens with zero attached hydrogens (tertiary/aromatic N) is 2. The molecule has 0 radical (unpaired) electrons. The molecule has 2 aromatic carbocycles. The predicted molar refractivity (Wildman–Crippen MR) is 407 cm³/mol. The van der Waals surface area contributed by atoms with Crippen LogP contribution in [-0.2, 0) is 80.0 Å². The molecule has 14 amide bonds. The number of aliphatic hydroxyl groups is 2. The molecule has 0 aliphatic carbocycles. The molecule has 2 aromatic heterocycles. The molecule has 610 valence electrons. The van der Waals surface area contributed by atoms with E-state index in [1.807, 2.05) is 0 Å². The molecule has 28 N–H and O–H groups in total. The van der Waals surface area contributed by atoms with Gasteiger partial charge in [-0.1, -0.05) is 56.7 Å². The Kier molecular flexibility index (Phi) is 31.8. The standard InChI is InChI=1S/C73H112N22O16/c1-10-33(2)53-65(103)90-55(35(4)76)67(105)83-47(22-15-25-74)61(99)88-57(37(6)78)69(107)92-56(36(5)77)68(106)84-49(29-42-31-81-46-21-14-12-19-44(42)46)63(101)89-58(38(7)79)70(108)91-54(34(3)75)66(104)82-39(8)60(98)86-50(32-96)72(110)95-27-17-24-52(95)73(111)94-26-16-23-51(94)64(102)93-59(40(9)97)71(109)85-48(62(100)87-53)28-41-30-80-45-20-13-11-18-43(41)45/h11-14,18-21,30-31,33-40,47-59,80-81,96-97H,10,15-17,22-29,32,74-79H2,1-9H3,(H,82,104)(H,83,105)(H,84,106)(H,85,109)(H,86,98)(H,87,100)(H,88,99)(H,89,101)(H,90,103)(H,91,108)(H,92,107)(H,93,102)/t33-,34?,35?,36?,37?,38?,39-,40+,47-,48-,49-,50-,51-,52+,53-,54-,55-,56-,57+,58-,59-/m0/s1. The number of amides is 14. The zero-order valence-corrected chi connectivity index (χ0v) is 64.1. The first-order chi connectivity index (χ1) is 52.5. The van der Waals surface area contributed by atoms with Gasteiger partial charge < -0.3 is 128 Å².